The van der Waals surface area contributed by atoms with Crippen molar-refractivity contribution < 1.29 is 9.53 Å². The highest BCUT2D eigenvalue weighted by atomic mass is 16.5. The number of anilines is 2. The predicted molar refractivity (Wildman–Crippen MR) is 66.6 cm³/mol. The van der Waals surface area contributed by atoms with Crippen molar-refractivity contribution >= 4 is 17.4 Å². The Balaban J connectivity index is 2.17. The maximum absolute atomic E-state index is 11.3. The van der Waals surface area contributed by atoms with E-state index in [1.165, 1.54) is 0 Å². The first-order chi connectivity index (χ1) is 8.22. The molecule has 1 amide bonds. The van der Waals surface area contributed by atoms with Crippen molar-refractivity contribution in [2.45, 2.75) is 6.42 Å². The molecule has 1 aromatic rings. The normalized spacial score (nSPS) is 9.94. The minimum absolute atomic E-state index is 0.0153. The second-order valence-electron chi connectivity index (χ2n) is 3.49. The van der Waals surface area contributed by atoms with Gasteiger partial charge in [0.25, 0.3) is 0 Å². The molecular formula is C11H18N4O2. The third kappa shape index (κ3) is 5.72. The molecule has 1 heterocycles. The molecule has 0 fully saturated rings. The quantitative estimate of drug-likeness (QED) is 0.592. The van der Waals surface area contributed by atoms with Crippen molar-refractivity contribution in [3.8, 4) is 0 Å². The number of nitrogens with zero attached hydrogens (tertiary/aromatic N) is 1. The highest BCUT2D eigenvalue weighted by Crippen LogP contribution is 2.07. The van der Waals surface area contributed by atoms with Gasteiger partial charge in [-0.05, 0) is 6.07 Å². The average molecular weight is 238 g/mol. The Bertz CT molecular complexity index is 357. The number of hydrogen-bond acceptors (Lipinski definition) is 5. The Morgan fingerprint density at radius 1 is 1.53 bits per heavy atom. The molecule has 1 aromatic heterocycles. The van der Waals surface area contributed by atoms with Gasteiger partial charge in [0.05, 0.1) is 6.61 Å². The summed E-state index contributed by atoms with van der Waals surface area (Å²) in [6, 6.07) is 3.44. The van der Waals surface area contributed by atoms with Crippen LogP contribution in [0.25, 0.3) is 0 Å². The summed E-state index contributed by atoms with van der Waals surface area (Å²) in [5.74, 6) is 0.660. The molecule has 1 rings (SSSR count). The number of carbonyl (C=O) groups is 1. The summed E-state index contributed by atoms with van der Waals surface area (Å²) in [5.41, 5.74) is 6.24. The molecule has 0 saturated heterocycles. The third-order valence-corrected chi connectivity index (χ3v) is 2.07. The second-order valence-corrected chi connectivity index (χ2v) is 3.49. The Hall–Kier alpha value is -1.82. The first-order valence-corrected chi connectivity index (χ1v) is 5.43. The van der Waals surface area contributed by atoms with Crippen LogP contribution in [-0.4, -0.2) is 37.7 Å². The van der Waals surface area contributed by atoms with Gasteiger partial charge in [0.2, 0.25) is 5.91 Å². The molecule has 94 valence electrons. The largest absolute Gasteiger partial charge is 0.399 e. The van der Waals surface area contributed by atoms with Crippen LogP contribution in [0, 0.1) is 0 Å². The van der Waals surface area contributed by atoms with E-state index in [1.54, 1.807) is 25.4 Å². The molecule has 0 aromatic carbocycles. The van der Waals surface area contributed by atoms with E-state index >= 15 is 0 Å². The molecule has 0 saturated carbocycles. The van der Waals surface area contributed by atoms with Gasteiger partial charge >= 0.3 is 0 Å². The minimum atomic E-state index is -0.0153. The van der Waals surface area contributed by atoms with Crippen LogP contribution in [0.4, 0.5) is 11.5 Å². The van der Waals surface area contributed by atoms with Gasteiger partial charge in [0, 0.05) is 44.6 Å². The van der Waals surface area contributed by atoms with Crippen LogP contribution in [0.1, 0.15) is 6.42 Å². The van der Waals surface area contributed by atoms with Gasteiger partial charge in [0.15, 0.2) is 0 Å². The molecule has 4 N–H and O–H groups in total. The molecule has 0 atom stereocenters. The van der Waals surface area contributed by atoms with Gasteiger partial charge in [-0.25, -0.2) is 4.98 Å². The highest BCUT2D eigenvalue weighted by molar-refractivity contribution is 5.76. The maximum atomic E-state index is 11.3. The lowest BCUT2D eigenvalue weighted by Gasteiger charge is -2.06. The number of carbonyl (C=O) groups excluding carboxylic acids is 1. The maximum Gasteiger partial charge on any atom is 0.221 e. The fraction of sp³-hybridized carbons (Fsp3) is 0.455. The lowest BCUT2D eigenvalue weighted by atomic mass is 10.3. The summed E-state index contributed by atoms with van der Waals surface area (Å²) >= 11 is 0. The van der Waals surface area contributed by atoms with E-state index < -0.39 is 0 Å². The van der Waals surface area contributed by atoms with Gasteiger partial charge in [0.1, 0.15) is 5.82 Å². The molecular weight excluding hydrogens is 220 g/mol. The SMILES string of the molecule is COCCNC(=O)CCNc1cc(N)ccn1. The second kappa shape index (κ2) is 7.45. The molecule has 6 nitrogen and oxygen atoms in total. The molecule has 0 radical (unpaired) electrons. The smallest absolute Gasteiger partial charge is 0.221 e. The first kappa shape index (κ1) is 13.2. The Kier molecular flexibility index (Phi) is 5.81. The van der Waals surface area contributed by atoms with Gasteiger partial charge in [-0.3, -0.25) is 4.79 Å². The number of ether oxygens (including phenoxy) is 1. The van der Waals surface area contributed by atoms with Gasteiger partial charge in [-0.1, -0.05) is 0 Å². The number of nitrogens with one attached hydrogen (secondary N) is 2. The molecule has 6 heteroatoms. The summed E-state index contributed by atoms with van der Waals surface area (Å²) in [6.07, 6.45) is 2.01. The summed E-state index contributed by atoms with van der Waals surface area (Å²) in [5, 5.41) is 5.76. The van der Waals surface area contributed by atoms with Crippen molar-refractivity contribution in [3.05, 3.63) is 18.3 Å². The number of pyridine rings is 1. The predicted octanol–water partition coefficient (Wildman–Crippen LogP) is 0.228. The molecule has 0 aliphatic rings. The topological polar surface area (TPSA) is 89.3 Å². The molecule has 0 spiro atoms. The highest BCUT2D eigenvalue weighted by Gasteiger charge is 2.00. The van der Waals surface area contributed by atoms with E-state index in [-0.39, 0.29) is 5.91 Å². The first-order valence-electron chi connectivity index (χ1n) is 5.43. The summed E-state index contributed by atoms with van der Waals surface area (Å²) in [6.45, 7) is 1.58. The van der Waals surface area contributed by atoms with E-state index in [0.29, 0.717) is 37.6 Å². The zero-order chi connectivity index (χ0) is 12.5. The van der Waals surface area contributed by atoms with E-state index in [0.717, 1.165) is 0 Å². The molecule has 0 bridgehead atoms. The monoisotopic (exact) mass is 238 g/mol. The van der Waals surface area contributed by atoms with Crippen LogP contribution in [0.5, 0.6) is 0 Å². The van der Waals surface area contributed by atoms with Crippen LogP contribution in [0.3, 0.4) is 0 Å². The molecule has 0 aliphatic carbocycles. The number of hydrogen-bond donors (Lipinski definition) is 3. The van der Waals surface area contributed by atoms with E-state index in [4.69, 9.17) is 10.5 Å². The van der Waals surface area contributed by atoms with Crippen molar-refractivity contribution in [1.82, 2.24) is 10.3 Å². The standard InChI is InChI=1S/C11H18N4O2/c1-17-7-6-15-11(16)3-5-14-10-8-9(12)2-4-13-10/h2,4,8H,3,5-7H2,1H3,(H,15,16)(H3,12,13,14). The van der Waals surface area contributed by atoms with Crippen molar-refractivity contribution in [1.29, 1.82) is 0 Å². The van der Waals surface area contributed by atoms with Gasteiger partial charge in [-0.2, -0.15) is 0 Å². The molecule has 0 unspecified atom stereocenters. The van der Waals surface area contributed by atoms with E-state index in [9.17, 15) is 4.79 Å². The van der Waals surface area contributed by atoms with Gasteiger partial charge in [-0.15, -0.1) is 0 Å². The number of rotatable bonds is 7. The number of methoxy groups -OCH3 is 1. The zero-order valence-electron chi connectivity index (χ0n) is 9.90. The van der Waals surface area contributed by atoms with Crippen LogP contribution in [0.15, 0.2) is 18.3 Å². The zero-order valence-corrected chi connectivity index (χ0v) is 9.90. The molecule has 17 heavy (non-hydrogen) atoms. The summed E-state index contributed by atoms with van der Waals surface area (Å²) in [4.78, 5) is 15.4. The Labute approximate surface area is 101 Å². The van der Waals surface area contributed by atoms with Crippen molar-refractivity contribution in [2.24, 2.45) is 0 Å². The van der Waals surface area contributed by atoms with Crippen molar-refractivity contribution in [3.63, 3.8) is 0 Å². The Morgan fingerprint density at radius 2 is 2.35 bits per heavy atom. The van der Waals surface area contributed by atoms with Crippen LogP contribution in [0.2, 0.25) is 0 Å². The van der Waals surface area contributed by atoms with Crippen molar-refractivity contribution in [2.75, 3.05) is 37.9 Å². The summed E-state index contributed by atoms with van der Waals surface area (Å²) < 4.78 is 4.82. The number of aromatic nitrogens is 1. The van der Waals surface area contributed by atoms with E-state index in [2.05, 4.69) is 15.6 Å². The lowest BCUT2D eigenvalue weighted by Crippen LogP contribution is -2.28. The van der Waals surface area contributed by atoms with Crippen LogP contribution in [-0.2, 0) is 9.53 Å². The van der Waals surface area contributed by atoms with Gasteiger partial charge < -0.3 is 21.1 Å². The lowest BCUT2D eigenvalue weighted by molar-refractivity contribution is -0.121. The third-order valence-electron chi connectivity index (χ3n) is 2.07. The minimum Gasteiger partial charge on any atom is -0.399 e. The average Bonchev–Trinajstić information content (AvgIpc) is 2.29. The van der Waals surface area contributed by atoms with Crippen LogP contribution < -0.4 is 16.4 Å². The fourth-order valence-electron chi connectivity index (χ4n) is 1.23. The fourth-order valence-corrected chi connectivity index (χ4v) is 1.23. The van der Waals surface area contributed by atoms with Crippen LogP contribution >= 0.6 is 0 Å². The molecule has 0 aliphatic heterocycles. The number of nitrogens with two attached hydrogens (primary N) is 1. The number of amides is 1. The number of nitrogen functional groups attached to an aromatic ring is 1. The Morgan fingerprint density at radius 3 is 3.06 bits per heavy atom. The summed E-state index contributed by atoms with van der Waals surface area (Å²) in [7, 11) is 1.60. The van der Waals surface area contributed by atoms with E-state index in [1.807, 2.05) is 0 Å².